The lowest BCUT2D eigenvalue weighted by Gasteiger charge is -2.10. The number of carbonyl (C=O) groups is 1. The zero-order valence-corrected chi connectivity index (χ0v) is 10.1. The molecule has 0 aliphatic carbocycles. The van der Waals surface area contributed by atoms with E-state index in [1.54, 1.807) is 6.07 Å². The van der Waals surface area contributed by atoms with Crippen molar-refractivity contribution in [3.05, 3.63) is 59.2 Å². The van der Waals surface area contributed by atoms with E-state index < -0.39 is 40.5 Å². The van der Waals surface area contributed by atoms with E-state index in [0.29, 0.717) is 0 Å². The van der Waals surface area contributed by atoms with Gasteiger partial charge < -0.3 is 5.32 Å². The van der Waals surface area contributed by atoms with Gasteiger partial charge in [0.25, 0.3) is 5.91 Å². The van der Waals surface area contributed by atoms with Crippen LogP contribution in [0, 0.1) is 23.3 Å². The van der Waals surface area contributed by atoms with Crippen molar-refractivity contribution >= 4 is 11.6 Å². The lowest BCUT2D eigenvalue weighted by molar-refractivity contribution is -0.0130. The highest BCUT2D eigenvalue weighted by Gasteiger charge is 2.31. The van der Waals surface area contributed by atoms with Crippen molar-refractivity contribution in [2.45, 2.75) is 0 Å². The Kier molecular flexibility index (Phi) is 4.06. The third kappa shape index (κ3) is 2.64. The number of hydrogen-bond acceptors (Lipinski definition) is 2. The average molecular weight is 303 g/mol. The van der Waals surface area contributed by atoms with Gasteiger partial charge >= 0.3 is 0 Å². The van der Waals surface area contributed by atoms with Crippen molar-refractivity contribution in [2.24, 2.45) is 0 Å². The fourth-order valence-corrected chi connectivity index (χ4v) is 1.60. The van der Waals surface area contributed by atoms with E-state index in [4.69, 9.17) is 0 Å². The maximum atomic E-state index is 13.6. The third-order valence-corrected chi connectivity index (χ3v) is 2.56. The molecule has 0 radical (unpaired) electrons. The van der Waals surface area contributed by atoms with Crippen molar-refractivity contribution in [1.82, 2.24) is 0 Å². The number of halogens is 5. The molecular formula is C13H6F5NO2. The van der Waals surface area contributed by atoms with Gasteiger partial charge in [0.05, 0.1) is 0 Å². The predicted octanol–water partition coefficient (Wildman–Crippen LogP) is 3.76. The normalized spacial score (nSPS) is 10.3. The molecule has 8 heteroatoms. The SMILES string of the molecule is O=C(Nc1ccccc1)c1c(F)c(F)c(F)c(F)c1OF. The summed E-state index contributed by atoms with van der Waals surface area (Å²) < 4.78 is 65.2. The Balaban J connectivity index is 2.50. The Hall–Kier alpha value is -2.64. The van der Waals surface area contributed by atoms with E-state index >= 15 is 0 Å². The number of anilines is 1. The van der Waals surface area contributed by atoms with E-state index in [1.165, 1.54) is 24.3 Å². The van der Waals surface area contributed by atoms with E-state index in [1.807, 2.05) is 0 Å². The number of carbonyl (C=O) groups excluding carboxylic acids is 1. The molecule has 1 N–H and O–H groups in total. The Bertz CT molecular complexity index is 691. The van der Waals surface area contributed by atoms with Crippen molar-refractivity contribution in [3.8, 4) is 5.75 Å². The van der Waals surface area contributed by atoms with Crippen LogP contribution in [0.15, 0.2) is 30.3 Å². The number of nitrogens with one attached hydrogen (secondary N) is 1. The molecule has 2 aromatic rings. The van der Waals surface area contributed by atoms with E-state index in [-0.39, 0.29) is 5.69 Å². The molecule has 3 nitrogen and oxygen atoms in total. The zero-order chi connectivity index (χ0) is 15.6. The van der Waals surface area contributed by atoms with E-state index in [9.17, 15) is 26.9 Å². The first-order chi connectivity index (χ1) is 9.97. The number of benzene rings is 2. The second-order valence-corrected chi connectivity index (χ2v) is 3.86. The lowest BCUT2D eigenvalue weighted by atomic mass is 10.1. The summed E-state index contributed by atoms with van der Waals surface area (Å²) in [5.74, 6) is -11.8. The first kappa shape index (κ1) is 14.8. The van der Waals surface area contributed by atoms with Gasteiger partial charge in [-0.3, -0.25) is 9.74 Å². The molecule has 2 aromatic carbocycles. The second kappa shape index (κ2) is 5.78. The summed E-state index contributed by atoms with van der Waals surface area (Å²) in [6, 6.07) is 7.43. The van der Waals surface area contributed by atoms with Crippen LogP contribution in [-0.4, -0.2) is 5.91 Å². The van der Waals surface area contributed by atoms with Crippen LogP contribution in [-0.2, 0) is 0 Å². The standard InChI is InChI=1S/C13H6F5NO2/c14-8-7(12(21-18)11(17)10(16)9(8)15)13(20)19-6-4-2-1-3-5-6/h1-5H,(H,19,20). The van der Waals surface area contributed by atoms with E-state index in [2.05, 4.69) is 10.3 Å². The van der Waals surface area contributed by atoms with Crippen LogP contribution in [0.2, 0.25) is 0 Å². The number of hydrogen-bond donors (Lipinski definition) is 1. The topological polar surface area (TPSA) is 38.3 Å². The highest BCUT2D eigenvalue weighted by Crippen LogP contribution is 2.31. The molecule has 0 atom stereocenters. The molecule has 0 aromatic heterocycles. The number of para-hydroxylation sites is 1. The molecule has 1 amide bonds. The predicted molar refractivity (Wildman–Crippen MR) is 62.4 cm³/mol. The molecule has 0 aliphatic rings. The Labute approximate surface area is 114 Å². The molecule has 110 valence electrons. The van der Waals surface area contributed by atoms with Crippen LogP contribution in [0.25, 0.3) is 0 Å². The summed E-state index contributed by atoms with van der Waals surface area (Å²) in [6.45, 7) is 0. The van der Waals surface area contributed by atoms with Gasteiger partial charge in [-0.15, -0.1) is 0 Å². The average Bonchev–Trinajstić information content (AvgIpc) is 2.49. The van der Waals surface area contributed by atoms with Crippen LogP contribution in [0.1, 0.15) is 10.4 Å². The minimum atomic E-state index is -2.28. The van der Waals surface area contributed by atoms with Gasteiger partial charge in [0, 0.05) is 10.2 Å². The van der Waals surface area contributed by atoms with Crippen LogP contribution in [0.3, 0.4) is 0 Å². The summed E-state index contributed by atoms with van der Waals surface area (Å²) in [6.07, 6.45) is 0. The smallest absolute Gasteiger partial charge is 0.262 e. The van der Waals surface area contributed by atoms with Crippen LogP contribution < -0.4 is 10.3 Å². The quantitative estimate of drug-likeness (QED) is 0.532. The van der Waals surface area contributed by atoms with Crippen molar-refractivity contribution in [1.29, 1.82) is 0 Å². The molecular weight excluding hydrogens is 297 g/mol. The Morgan fingerprint density at radius 3 is 2.05 bits per heavy atom. The summed E-state index contributed by atoms with van der Waals surface area (Å²) in [7, 11) is 0. The number of rotatable bonds is 3. The summed E-state index contributed by atoms with van der Waals surface area (Å²) in [4.78, 5) is 14.7. The molecule has 0 bridgehead atoms. The van der Waals surface area contributed by atoms with Crippen LogP contribution in [0.5, 0.6) is 5.75 Å². The first-order valence-corrected chi connectivity index (χ1v) is 5.48. The second-order valence-electron chi connectivity index (χ2n) is 3.86. The molecule has 2 rings (SSSR count). The maximum Gasteiger partial charge on any atom is 0.262 e. The molecule has 0 fully saturated rings. The van der Waals surface area contributed by atoms with Crippen LogP contribution in [0.4, 0.5) is 27.8 Å². The fourth-order valence-electron chi connectivity index (χ4n) is 1.60. The molecule has 0 heterocycles. The van der Waals surface area contributed by atoms with Crippen molar-refractivity contribution in [2.75, 3.05) is 5.32 Å². The van der Waals surface area contributed by atoms with Gasteiger partial charge in [0.2, 0.25) is 17.4 Å². The molecule has 0 saturated carbocycles. The van der Waals surface area contributed by atoms with Crippen molar-refractivity contribution < 1.29 is 31.8 Å². The van der Waals surface area contributed by atoms with Gasteiger partial charge in [0.1, 0.15) is 5.56 Å². The largest absolute Gasteiger partial charge is 0.322 e. The minimum absolute atomic E-state index is 0.150. The maximum absolute atomic E-state index is 13.6. The Morgan fingerprint density at radius 2 is 1.48 bits per heavy atom. The lowest BCUT2D eigenvalue weighted by Crippen LogP contribution is -2.17. The summed E-state index contributed by atoms with van der Waals surface area (Å²) in [5, 5.41) is 2.07. The summed E-state index contributed by atoms with van der Waals surface area (Å²) >= 11 is 0. The van der Waals surface area contributed by atoms with Gasteiger partial charge in [0.15, 0.2) is 11.6 Å². The number of amides is 1. The molecule has 0 spiro atoms. The summed E-state index contributed by atoms with van der Waals surface area (Å²) in [5.41, 5.74) is -1.27. The Morgan fingerprint density at radius 1 is 0.905 bits per heavy atom. The zero-order valence-electron chi connectivity index (χ0n) is 10.1. The minimum Gasteiger partial charge on any atom is -0.322 e. The molecule has 0 saturated heterocycles. The van der Waals surface area contributed by atoms with Gasteiger partial charge in [-0.1, -0.05) is 18.2 Å². The molecule has 0 aliphatic heterocycles. The highest BCUT2D eigenvalue weighted by atomic mass is 19.3. The first-order valence-electron chi connectivity index (χ1n) is 5.48. The van der Waals surface area contributed by atoms with E-state index in [0.717, 1.165) is 0 Å². The van der Waals surface area contributed by atoms with Crippen LogP contribution >= 0.6 is 0 Å². The highest BCUT2D eigenvalue weighted by molar-refractivity contribution is 6.06. The van der Waals surface area contributed by atoms with Gasteiger partial charge in [-0.05, 0) is 12.1 Å². The third-order valence-electron chi connectivity index (χ3n) is 2.56. The van der Waals surface area contributed by atoms with Gasteiger partial charge in [-0.25, -0.2) is 13.2 Å². The van der Waals surface area contributed by atoms with Crippen molar-refractivity contribution in [3.63, 3.8) is 0 Å². The molecule has 21 heavy (non-hydrogen) atoms. The monoisotopic (exact) mass is 303 g/mol. The fraction of sp³-hybridized carbons (Fsp3) is 0. The van der Waals surface area contributed by atoms with Gasteiger partial charge in [-0.2, -0.15) is 4.39 Å². The molecule has 0 unspecified atom stereocenters.